The van der Waals surface area contributed by atoms with Crippen molar-refractivity contribution in [2.24, 2.45) is 5.92 Å². The van der Waals surface area contributed by atoms with E-state index < -0.39 is 6.10 Å². The number of carbonyl (C=O) groups excluding carboxylic acids is 1. The smallest absolute Gasteiger partial charge is 0.251 e. The molecule has 0 bridgehead atoms. The van der Waals surface area contributed by atoms with Gasteiger partial charge in [-0.05, 0) is 68.8 Å². The Morgan fingerprint density at radius 2 is 1.80 bits per heavy atom. The zero-order valence-corrected chi connectivity index (χ0v) is 21.8. The predicted molar refractivity (Wildman–Crippen MR) is 143 cm³/mol. The lowest BCUT2D eigenvalue weighted by molar-refractivity contribution is 0.0860. The van der Waals surface area contributed by atoms with Gasteiger partial charge in [-0.25, -0.2) is 0 Å². The fourth-order valence-electron chi connectivity index (χ4n) is 5.29. The van der Waals surface area contributed by atoms with Gasteiger partial charge in [0.2, 0.25) is 0 Å². The summed E-state index contributed by atoms with van der Waals surface area (Å²) in [7, 11) is 3.67. The lowest BCUT2D eigenvalue weighted by atomic mass is 9.84. The van der Waals surface area contributed by atoms with E-state index in [1.165, 1.54) is 37.7 Å². The number of benzene rings is 2. The minimum Gasteiger partial charge on any atom is -0.388 e. The molecule has 3 rings (SSSR count). The van der Waals surface area contributed by atoms with Crippen LogP contribution < -0.4 is 10.6 Å². The van der Waals surface area contributed by atoms with Gasteiger partial charge in [0.1, 0.15) is 0 Å². The normalized spacial score (nSPS) is 17.0. The summed E-state index contributed by atoms with van der Waals surface area (Å²) in [5.74, 6) is 0.639. The average Bonchev–Trinajstić information content (AvgIpc) is 2.88. The first-order valence-electron chi connectivity index (χ1n) is 13.3. The van der Waals surface area contributed by atoms with Crippen molar-refractivity contribution in [1.82, 2.24) is 10.6 Å². The number of carbonyl (C=O) groups is 1. The molecule has 1 fully saturated rings. The van der Waals surface area contributed by atoms with E-state index >= 15 is 0 Å². The highest BCUT2D eigenvalue weighted by molar-refractivity contribution is 5.94. The first kappa shape index (κ1) is 27.4. The fraction of sp³-hybridized carbons (Fsp3) is 0.567. The van der Waals surface area contributed by atoms with Gasteiger partial charge in [-0.15, -0.1) is 0 Å². The first-order chi connectivity index (χ1) is 17.0. The van der Waals surface area contributed by atoms with Crippen LogP contribution in [0.15, 0.2) is 48.5 Å². The van der Waals surface area contributed by atoms with Crippen molar-refractivity contribution in [3.8, 4) is 0 Å². The quantitative estimate of drug-likeness (QED) is 0.335. The highest BCUT2D eigenvalue weighted by Gasteiger charge is 2.21. The third-order valence-electron chi connectivity index (χ3n) is 7.34. The maximum Gasteiger partial charge on any atom is 0.251 e. The van der Waals surface area contributed by atoms with Gasteiger partial charge in [0.15, 0.2) is 0 Å². The highest BCUT2D eigenvalue weighted by Crippen LogP contribution is 2.28. The Hall–Kier alpha value is -2.21. The topological polar surface area (TPSA) is 70.6 Å². The number of nitrogens with one attached hydrogen (secondary N) is 2. The van der Waals surface area contributed by atoms with Crippen LogP contribution in [0.25, 0.3) is 0 Å². The Morgan fingerprint density at radius 1 is 1.06 bits per heavy atom. The molecule has 0 aliphatic heterocycles. The SMILES string of the molecule is CNCC(CC1CCCCC1)NC(=O)c1cccc(C(O)CCCC(OC)c2ccc(C)cc2)c1. The molecular weight excluding hydrogens is 436 g/mol. The van der Waals surface area contributed by atoms with Crippen LogP contribution in [-0.4, -0.2) is 37.8 Å². The summed E-state index contributed by atoms with van der Waals surface area (Å²) in [4.78, 5) is 13.0. The Balaban J connectivity index is 1.53. The van der Waals surface area contributed by atoms with Crippen LogP contribution in [0.5, 0.6) is 0 Å². The van der Waals surface area contributed by atoms with Crippen molar-refractivity contribution in [3.63, 3.8) is 0 Å². The molecule has 5 nitrogen and oxygen atoms in total. The number of likely N-dealkylation sites (N-methyl/N-ethyl adjacent to an activating group) is 1. The minimum atomic E-state index is -0.603. The molecular formula is C30H44N2O3. The van der Waals surface area contributed by atoms with Crippen molar-refractivity contribution >= 4 is 5.91 Å². The second-order valence-electron chi connectivity index (χ2n) is 10.2. The molecule has 0 aromatic heterocycles. The van der Waals surface area contributed by atoms with Gasteiger partial charge in [0.25, 0.3) is 5.91 Å². The van der Waals surface area contributed by atoms with Crippen LogP contribution in [0.4, 0.5) is 0 Å². The standard InChI is InChI=1S/C30H44N2O3/c1-22-15-17-24(18-16-22)29(35-3)14-8-13-28(33)25-11-7-12-26(20-25)30(34)32-27(21-31-2)19-23-9-5-4-6-10-23/h7,11-12,15-18,20,23,27-29,31,33H,4-6,8-10,13-14,19,21H2,1-3H3,(H,32,34). The van der Waals surface area contributed by atoms with Crippen molar-refractivity contribution in [2.45, 2.75) is 83.0 Å². The van der Waals surface area contributed by atoms with Gasteiger partial charge in [0.05, 0.1) is 12.2 Å². The predicted octanol–water partition coefficient (Wildman–Crippen LogP) is 5.87. The van der Waals surface area contributed by atoms with Gasteiger partial charge >= 0.3 is 0 Å². The summed E-state index contributed by atoms with van der Waals surface area (Å²) >= 11 is 0. The van der Waals surface area contributed by atoms with E-state index in [-0.39, 0.29) is 18.1 Å². The molecule has 1 aliphatic rings. The van der Waals surface area contributed by atoms with Crippen LogP contribution in [0.3, 0.4) is 0 Å². The van der Waals surface area contributed by atoms with Gasteiger partial charge < -0.3 is 20.5 Å². The van der Waals surface area contributed by atoms with E-state index in [9.17, 15) is 9.90 Å². The van der Waals surface area contributed by atoms with Gasteiger partial charge in [0, 0.05) is 25.3 Å². The molecule has 0 saturated heterocycles. The molecule has 1 amide bonds. The molecule has 0 spiro atoms. The summed E-state index contributed by atoms with van der Waals surface area (Å²) in [6, 6.07) is 16.0. The summed E-state index contributed by atoms with van der Waals surface area (Å²) in [5.41, 5.74) is 3.80. The molecule has 1 saturated carbocycles. The lowest BCUT2D eigenvalue weighted by Gasteiger charge is -2.27. The molecule has 1 aliphatic carbocycles. The Bertz CT molecular complexity index is 893. The molecule has 0 radical (unpaired) electrons. The Labute approximate surface area is 211 Å². The third-order valence-corrected chi connectivity index (χ3v) is 7.34. The second kappa shape index (κ2) is 14.4. The molecule has 192 valence electrons. The van der Waals surface area contributed by atoms with Gasteiger partial charge in [-0.3, -0.25) is 4.79 Å². The van der Waals surface area contributed by atoms with Crippen LogP contribution in [-0.2, 0) is 4.74 Å². The van der Waals surface area contributed by atoms with E-state index in [1.54, 1.807) is 7.11 Å². The second-order valence-corrected chi connectivity index (χ2v) is 10.2. The van der Waals surface area contributed by atoms with Gasteiger partial charge in [-0.1, -0.05) is 74.1 Å². The van der Waals surface area contributed by atoms with Crippen molar-refractivity contribution in [1.29, 1.82) is 0 Å². The fourth-order valence-corrected chi connectivity index (χ4v) is 5.29. The molecule has 3 unspecified atom stereocenters. The minimum absolute atomic E-state index is 0.0215. The first-order valence-corrected chi connectivity index (χ1v) is 13.3. The number of hydrogen-bond acceptors (Lipinski definition) is 4. The van der Waals surface area contributed by atoms with Crippen molar-refractivity contribution in [2.75, 3.05) is 20.7 Å². The lowest BCUT2D eigenvalue weighted by Crippen LogP contribution is -2.42. The number of aliphatic hydroxyl groups excluding tert-OH is 1. The van der Waals surface area contributed by atoms with Crippen LogP contribution in [0.1, 0.15) is 97.0 Å². The summed E-state index contributed by atoms with van der Waals surface area (Å²) in [6.07, 6.45) is 9.23. The monoisotopic (exact) mass is 480 g/mol. The highest BCUT2D eigenvalue weighted by atomic mass is 16.5. The molecule has 0 heterocycles. The van der Waals surface area contributed by atoms with Crippen molar-refractivity contribution in [3.05, 3.63) is 70.8 Å². The summed E-state index contributed by atoms with van der Waals surface area (Å²) < 4.78 is 5.69. The van der Waals surface area contributed by atoms with Gasteiger partial charge in [-0.2, -0.15) is 0 Å². The van der Waals surface area contributed by atoms with Crippen LogP contribution in [0, 0.1) is 12.8 Å². The van der Waals surface area contributed by atoms with Crippen molar-refractivity contribution < 1.29 is 14.6 Å². The molecule has 35 heavy (non-hydrogen) atoms. The van der Waals surface area contributed by atoms with Crippen LogP contribution >= 0.6 is 0 Å². The molecule has 5 heteroatoms. The number of ether oxygens (including phenoxy) is 1. The molecule has 3 atom stereocenters. The van der Waals surface area contributed by atoms with E-state index in [1.807, 2.05) is 31.3 Å². The number of aryl methyl sites for hydroxylation is 1. The zero-order valence-electron chi connectivity index (χ0n) is 21.8. The average molecular weight is 481 g/mol. The maximum absolute atomic E-state index is 13.0. The van der Waals surface area contributed by atoms with E-state index in [2.05, 4.69) is 41.8 Å². The largest absolute Gasteiger partial charge is 0.388 e. The number of aliphatic hydroxyl groups is 1. The summed E-state index contributed by atoms with van der Waals surface area (Å²) in [6.45, 7) is 2.85. The molecule has 2 aromatic rings. The number of methoxy groups -OCH3 is 1. The zero-order chi connectivity index (χ0) is 25.0. The van der Waals surface area contributed by atoms with E-state index in [0.29, 0.717) is 17.9 Å². The third kappa shape index (κ3) is 8.75. The number of amides is 1. The Kier molecular flexibility index (Phi) is 11.2. The molecule has 3 N–H and O–H groups in total. The van der Waals surface area contributed by atoms with E-state index in [4.69, 9.17) is 4.74 Å². The van der Waals surface area contributed by atoms with Crippen LogP contribution in [0.2, 0.25) is 0 Å². The van der Waals surface area contributed by atoms with E-state index in [0.717, 1.165) is 36.9 Å². The Morgan fingerprint density at radius 3 is 2.49 bits per heavy atom. The number of rotatable bonds is 13. The maximum atomic E-state index is 13.0. The summed E-state index contributed by atoms with van der Waals surface area (Å²) in [5, 5.41) is 17.3. The molecule has 2 aromatic carbocycles. The number of hydrogen-bond donors (Lipinski definition) is 3.